The van der Waals surface area contributed by atoms with E-state index in [1.165, 1.54) is 19.2 Å². The highest BCUT2D eigenvalue weighted by atomic mass is 32.2. The summed E-state index contributed by atoms with van der Waals surface area (Å²) in [6.45, 7) is 1.82. The molecule has 132 valence electrons. The first-order valence-corrected chi connectivity index (χ1v) is 8.40. The highest BCUT2D eigenvalue weighted by Crippen LogP contribution is 2.33. The minimum atomic E-state index is -3.90. The third kappa shape index (κ3) is 4.23. The van der Waals surface area contributed by atoms with Gasteiger partial charge in [0.05, 0.1) is 29.2 Å². The molecule has 0 aliphatic rings. The first-order chi connectivity index (χ1) is 11.7. The lowest BCUT2D eigenvalue weighted by molar-refractivity contribution is -0.385. The number of hydrazone groups is 1. The van der Waals surface area contributed by atoms with Gasteiger partial charge in [-0.05, 0) is 19.1 Å². The molecule has 0 fully saturated rings. The van der Waals surface area contributed by atoms with E-state index in [1.54, 1.807) is 12.1 Å². The van der Waals surface area contributed by atoms with Crippen LogP contribution in [-0.2, 0) is 10.0 Å². The lowest BCUT2D eigenvalue weighted by atomic mass is 10.2. The largest absolute Gasteiger partial charge is 0.504 e. The first-order valence-electron chi connectivity index (χ1n) is 6.91. The summed E-state index contributed by atoms with van der Waals surface area (Å²) < 4.78 is 29.0. The van der Waals surface area contributed by atoms with Gasteiger partial charge >= 0.3 is 0 Å². The van der Waals surface area contributed by atoms with Crippen LogP contribution in [0.2, 0.25) is 0 Å². The Morgan fingerprint density at radius 1 is 1.28 bits per heavy atom. The number of nitro groups is 1. The Hall–Kier alpha value is -3.14. The summed E-state index contributed by atoms with van der Waals surface area (Å²) in [4.78, 5) is 12.2. The molecular formula is C15H15N3O6S. The highest BCUT2D eigenvalue weighted by molar-refractivity contribution is 7.89. The Kier molecular flexibility index (Phi) is 5.22. The zero-order valence-corrected chi connectivity index (χ0v) is 14.1. The molecule has 0 spiro atoms. The highest BCUT2D eigenvalue weighted by Gasteiger charge is 2.16. The van der Waals surface area contributed by atoms with Gasteiger partial charge in [-0.25, -0.2) is 4.83 Å². The molecule has 0 heterocycles. The van der Waals surface area contributed by atoms with E-state index in [-0.39, 0.29) is 21.9 Å². The number of nitro benzene ring substituents is 1. The fraction of sp³-hybridized carbons (Fsp3) is 0.133. The average molecular weight is 365 g/mol. The molecule has 2 N–H and O–H groups in total. The van der Waals surface area contributed by atoms with E-state index in [2.05, 4.69) is 5.10 Å². The minimum Gasteiger partial charge on any atom is -0.504 e. The number of aromatic hydroxyl groups is 1. The number of methoxy groups -OCH3 is 1. The second-order valence-electron chi connectivity index (χ2n) is 5.01. The molecule has 2 aromatic carbocycles. The number of aryl methyl sites for hydroxylation is 1. The number of nitrogens with zero attached hydrogens (tertiary/aromatic N) is 2. The number of hydrogen-bond donors (Lipinski definition) is 2. The summed E-state index contributed by atoms with van der Waals surface area (Å²) in [5.74, 6) is -0.525. The topological polar surface area (TPSA) is 131 Å². The Balaban J connectivity index is 2.28. The molecule has 0 aliphatic heterocycles. The number of sulfonamides is 1. The molecule has 2 rings (SSSR count). The van der Waals surface area contributed by atoms with E-state index in [9.17, 15) is 23.6 Å². The number of phenols is 1. The van der Waals surface area contributed by atoms with Gasteiger partial charge < -0.3 is 9.84 Å². The van der Waals surface area contributed by atoms with Crippen molar-refractivity contribution < 1.29 is 23.2 Å². The molecular weight excluding hydrogens is 350 g/mol. The van der Waals surface area contributed by atoms with Crippen LogP contribution in [0, 0.1) is 17.0 Å². The summed E-state index contributed by atoms with van der Waals surface area (Å²) in [5.41, 5.74) is 0.492. The third-order valence-corrected chi connectivity index (χ3v) is 4.47. The van der Waals surface area contributed by atoms with Gasteiger partial charge in [-0.15, -0.1) is 0 Å². The molecule has 0 amide bonds. The van der Waals surface area contributed by atoms with Crippen molar-refractivity contribution in [2.24, 2.45) is 5.10 Å². The lowest BCUT2D eigenvalue weighted by Crippen LogP contribution is -2.18. The maximum atomic E-state index is 12.1. The zero-order chi connectivity index (χ0) is 18.6. The molecule has 0 atom stereocenters. The number of ether oxygens (including phenoxy) is 1. The van der Waals surface area contributed by atoms with Crippen molar-refractivity contribution in [3.8, 4) is 11.5 Å². The van der Waals surface area contributed by atoms with E-state index >= 15 is 0 Å². The smallest absolute Gasteiger partial charge is 0.276 e. The molecule has 9 nitrogen and oxygen atoms in total. The number of non-ortho nitro benzene ring substituents is 1. The van der Waals surface area contributed by atoms with Crippen molar-refractivity contribution in [1.29, 1.82) is 0 Å². The SMILES string of the molecule is COc1cc([N+](=O)[O-])cc(C=NNS(=O)(=O)c2ccc(C)cc2)c1O. The second-order valence-corrected chi connectivity index (χ2v) is 6.67. The maximum absolute atomic E-state index is 12.1. The normalized spacial score (nSPS) is 11.4. The van der Waals surface area contributed by atoms with Crippen LogP contribution in [0.15, 0.2) is 46.4 Å². The summed E-state index contributed by atoms with van der Waals surface area (Å²) in [6.07, 6.45) is 0.955. The van der Waals surface area contributed by atoms with E-state index in [4.69, 9.17) is 4.74 Å². The Bertz CT molecular complexity index is 923. The maximum Gasteiger partial charge on any atom is 0.276 e. The van der Waals surface area contributed by atoms with E-state index in [0.717, 1.165) is 23.9 Å². The molecule has 0 saturated heterocycles. The van der Waals surface area contributed by atoms with Crippen LogP contribution in [0.4, 0.5) is 5.69 Å². The summed E-state index contributed by atoms with van der Waals surface area (Å²) in [7, 11) is -2.66. The van der Waals surface area contributed by atoms with Crippen molar-refractivity contribution in [2.75, 3.05) is 7.11 Å². The number of phenolic OH excluding ortho intramolecular Hbond substituents is 1. The van der Waals surface area contributed by atoms with Crippen LogP contribution in [-0.4, -0.2) is 31.8 Å². The van der Waals surface area contributed by atoms with Gasteiger partial charge in [0.15, 0.2) is 11.5 Å². The Labute approximate surface area is 143 Å². The second kappa shape index (κ2) is 7.18. The molecule has 0 unspecified atom stereocenters. The van der Waals surface area contributed by atoms with Gasteiger partial charge in [-0.1, -0.05) is 17.7 Å². The summed E-state index contributed by atoms with van der Waals surface area (Å²) in [6, 6.07) is 8.19. The lowest BCUT2D eigenvalue weighted by Gasteiger charge is -2.06. The Morgan fingerprint density at radius 2 is 1.92 bits per heavy atom. The van der Waals surface area contributed by atoms with Gasteiger partial charge in [0.25, 0.3) is 15.7 Å². The fourth-order valence-electron chi connectivity index (χ4n) is 1.91. The molecule has 25 heavy (non-hydrogen) atoms. The Morgan fingerprint density at radius 3 is 2.48 bits per heavy atom. The van der Waals surface area contributed by atoms with Crippen LogP contribution in [0.3, 0.4) is 0 Å². The van der Waals surface area contributed by atoms with Crippen LogP contribution < -0.4 is 9.57 Å². The number of nitrogens with one attached hydrogen (secondary N) is 1. The standard InChI is InChI=1S/C15H15N3O6S/c1-10-3-5-13(6-4-10)25(22,23)17-16-9-11-7-12(18(20)21)8-14(24-2)15(11)19/h3-9,17,19H,1-2H3. The van der Waals surface area contributed by atoms with Crippen LogP contribution in [0.1, 0.15) is 11.1 Å². The molecule has 0 aliphatic carbocycles. The van der Waals surface area contributed by atoms with Crippen LogP contribution in [0.25, 0.3) is 0 Å². The monoisotopic (exact) mass is 365 g/mol. The molecule has 0 bridgehead atoms. The number of benzene rings is 2. The number of rotatable bonds is 6. The average Bonchev–Trinajstić information content (AvgIpc) is 2.56. The first kappa shape index (κ1) is 18.2. The van der Waals surface area contributed by atoms with Gasteiger partial charge in [0.2, 0.25) is 0 Å². The van der Waals surface area contributed by atoms with E-state index in [1.807, 2.05) is 11.8 Å². The van der Waals surface area contributed by atoms with Crippen molar-refractivity contribution in [2.45, 2.75) is 11.8 Å². The fourth-order valence-corrected chi connectivity index (χ4v) is 2.70. The number of hydrogen-bond acceptors (Lipinski definition) is 7. The van der Waals surface area contributed by atoms with Gasteiger partial charge in [-0.2, -0.15) is 13.5 Å². The van der Waals surface area contributed by atoms with Crippen molar-refractivity contribution in [3.63, 3.8) is 0 Å². The minimum absolute atomic E-state index is 0.0103. The predicted molar refractivity (Wildman–Crippen MR) is 90.4 cm³/mol. The third-order valence-electron chi connectivity index (χ3n) is 3.23. The predicted octanol–water partition coefficient (Wildman–Crippen LogP) is 1.93. The van der Waals surface area contributed by atoms with E-state index in [0.29, 0.717) is 0 Å². The molecule has 2 aromatic rings. The van der Waals surface area contributed by atoms with Gasteiger partial charge in [0.1, 0.15) is 0 Å². The van der Waals surface area contributed by atoms with Crippen LogP contribution >= 0.6 is 0 Å². The van der Waals surface area contributed by atoms with E-state index < -0.39 is 20.7 Å². The van der Waals surface area contributed by atoms with Crippen LogP contribution in [0.5, 0.6) is 11.5 Å². The van der Waals surface area contributed by atoms with Crippen molar-refractivity contribution in [1.82, 2.24) is 4.83 Å². The molecule has 0 aromatic heterocycles. The molecule has 0 radical (unpaired) electrons. The molecule has 0 saturated carbocycles. The summed E-state index contributed by atoms with van der Waals surface area (Å²) in [5, 5.41) is 24.4. The van der Waals surface area contributed by atoms with Gasteiger partial charge in [0, 0.05) is 11.6 Å². The molecule has 10 heteroatoms. The summed E-state index contributed by atoms with van der Waals surface area (Å²) >= 11 is 0. The van der Waals surface area contributed by atoms with Crippen molar-refractivity contribution in [3.05, 3.63) is 57.6 Å². The zero-order valence-electron chi connectivity index (χ0n) is 13.3. The van der Waals surface area contributed by atoms with Gasteiger partial charge in [-0.3, -0.25) is 10.1 Å². The van der Waals surface area contributed by atoms with Crippen molar-refractivity contribution >= 4 is 21.9 Å². The quantitative estimate of drug-likeness (QED) is 0.457.